The van der Waals surface area contributed by atoms with Crippen LogP contribution in [0.3, 0.4) is 0 Å². The van der Waals surface area contributed by atoms with Gasteiger partial charge in [0.25, 0.3) is 5.69 Å². The summed E-state index contributed by atoms with van der Waals surface area (Å²) >= 11 is 3.29. The van der Waals surface area contributed by atoms with E-state index >= 15 is 0 Å². The first kappa shape index (κ1) is 13.7. The summed E-state index contributed by atoms with van der Waals surface area (Å²) in [6.45, 7) is 1.31. The Morgan fingerprint density at radius 2 is 1.79 bits per heavy atom. The molecule has 0 saturated carbocycles. The van der Waals surface area contributed by atoms with Crippen molar-refractivity contribution in [1.29, 1.82) is 0 Å². The zero-order valence-electron chi connectivity index (χ0n) is 10.2. The predicted molar refractivity (Wildman–Crippen MR) is 77.8 cm³/mol. The molecule has 98 valence electrons. The molecule has 2 aromatic carbocycles. The second-order valence-corrected chi connectivity index (χ2v) is 4.89. The molecule has 2 aromatic rings. The van der Waals surface area contributed by atoms with E-state index in [1.165, 1.54) is 11.6 Å². The van der Waals surface area contributed by atoms with Crippen molar-refractivity contribution in [3.05, 3.63) is 74.2 Å². The number of benzene rings is 2. The molecule has 0 aliphatic rings. The van der Waals surface area contributed by atoms with Crippen LogP contribution in [0.4, 0.5) is 5.69 Å². The van der Waals surface area contributed by atoms with Crippen molar-refractivity contribution in [3.63, 3.8) is 0 Å². The summed E-state index contributed by atoms with van der Waals surface area (Å²) in [5, 5.41) is 14.1. The fourth-order valence-corrected chi connectivity index (χ4v) is 2.33. The van der Waals surface area contributed by atoms with E-state index in [9.17, 15) is 10.1 Å². The van der Waals surface area contributed by atoms with Gasteiger partial charge in [0, 0.05) is 19.2 Å². The van der Waals surface area contributed by atoms with E-state index in [-0.39, 0.29) is 10.6 Å². The monoisotopic (exact) mass is 320 g/mol. The van der Waals surface area contributed by atoms with Crippen LogP contribution in [-0.4, -0.2) is 4.92 Å². The van der Waals surface area contributed by atoms with Gasteiger partial charge in [0.1, 0.15) is 0 Å². The molecule has 2 rings (SSSR count). The van der Waals surface area contributed by atoms with Crippen molar-refractivity contribution in [2.75, 3.05) is 0 Å². The van der Waals surface area contributed by atoms with E-state index in [0.29, 0.717) is 11.0 Å². The number of halogens is 1. The lowest BCUT2D eigenvalue weighted by molar-refractivity contribution is -0.385. The highest BCUT2D eigenvalue weighted by Gasteiger charge is 2.14. The second kappa shape index (κ2) is 6.45. The van der Waals surface area contributed by atoms with Gasteiger partial charge in [-0.25, -0.2) is 0 Å². The standard InChI is InChI=1S/C14H13BrN2O2/c15-14-12(7-4-8-13(14)17(18)19)10-16-9-11-5-2-1-3-6-11/h1-8,16H,9-10H2. The highest BCUT2D eigenvalue weighted by atomic mass is 79.9. The lowest BCUT2D eigenvalue weighted by atomic mass is 10.2. The topological polar surface area (TPSA) is 55.2 Å². The minimum Gasteiger partial charge on any atom is -0.309 e. The maximum atomic E-state index is 10.8. The fourth-order valence-electron chi connectivity index (χ4n) is 1.78. The molecule has 4 nitrogen and oxygen atoms in total. The minimum absolute atomic E-state index is 0.0963. The molecule has 0 radical (unpaired) electrons. The van der Waals surface area contributed by atoms with Crippen LogP contribution in [0.25, 0.3) is 0 Å². The van der Waals surface area contributed by atoms with E-state index in [2.05, 4.69) is 21.2 Å². The third-order valence-electron chi connectivity index (χ3n) is 2.74. The highest BCUT2D eigenvalue weighted by molar-refractivity contribution is 9.10. The summed E-state index contributed by atoms with van der Waals surface area (Å²) < 4.78 is 0.542. The van der Waals surface area contributed by atoms with Crippen molar-refractivity contribution in [1.82, 2.24) is 5.32 Å². The maximum absolute atomic E-state index is 10.8. The molecule has 0 heterocycles. The normalized spacial score (nSPS) is 10.4. The number of nitro benzene ring substituents is 1. The molecular weight excluding hydrogens is 308 g/mol. The smallest absolute Gasteiger partial charge is 0.283 e. The van der Waals surface area contributed by atoms with Crippen LogP contribution < -0.4 is 5.32 Å². The molecule has 0 bridgehead atoms. The Labute approximate surface area is 119 Å². The van der Waals surface area contributed by atoms with Gasteiger partial charge in [-0.1, -0.05) is 42.5 Å². The first-order valence-corrected chi connectivity index (χ1v) is 6.64. The van der Waals surface area contributed by atoms with Crippen molar-refractivity contribution < 1.29 is 4.92 Å². The summed E-state index contributed by atoms with van der Waals surface area (Å²) in [6, 6.07) is 15.1. The van der Waals surface area contributed by atoms with E-state index < -0.39 is 0 Å². The van der Waals surface area contributed by atoms with Crippen LogP contribution in [0.2, 0.25) is 0 Å². The zero-order valence-corrected chi connectivity index (χ0v) is 11.8. The Kier molecular flexibility index (Phi) is 4.65. The number of rotatable bonds is 5. The third kappa shape index (κ3) is 3.62. The zero-order chi connectivity index (χ0) is 13.7. The summed E-state index contributed by atoms with van der Waals surface area (Å²) in [5.74, 6) is 0. The van der Waals surface area contributed by atoms with Crippen molar-refractivity contribution in [2.45, 2.75) is 13.1 Å². The largest absolute Gasteiger partial charge is 0.309 e. The number of hydrogen-bond donors (Lipinski definition) is 1. The molecule has 0 atom stereocenters. The van der Waals surface area contributed by atoms with Crippen LogP contribution in [0.15, 0.2) is 53.0 Å². The van der Waals surface area contributed by atoms with Crippen LogP contribution in [0.5, 0.6) is 0 Å². The lowest BCUT2D eigenvalue weighted by Gasteiger charge is -2.07. The average Bonchev–Trinajstić information content (AvgIpc) is 2.41. The Morgan fingerprint density at radius 1 is 1.05 bits per heavy atom. The molecule has 1 N–H and O–H groups in total. The molecule has 0 saturated heterocycles. The maximum Gasteiger partial charge on any atom is 0.283 e. The van der Waals surface area contributed by atoms with Crippen LogP contribution in [0.1, 0.15) is 11.1 Å². The number of hydrogen-bond acceptors (Lipinski definition) is 3. The fraction of sp³-hybridized carbons (Fsp3) is 0.143. The van der Waals surface area contributed by atoms with E-state index in [4.69, 9.17) is 0 Å². The van der Waals surface area contributed by atoms with Crippen LogP contribution >= 0.6 is 15.9 Å². The number of nitrogens with one attached hydrogen (secondary N) is 1. The van der Waals surface area contributed by atoms with Crippen molar-refractivity contribution in [3.8, 4) is 0 Å². The highest BCUT2D eigenvalue weighted by Crippen LogP contribution is 2.28. The number of nitro groups is 1. The number of nitrogens with zero attached hydrogens (tertiary/aromatic N) is 1. The van der Waals surface area contributed by atoms with Gasteiger partial charge in [-0.3, -0.25) is 10.1 Å². The molecule has 0 fully saturated rings. The first-order valence-electron chi connectivity index (χ1n) is 5.85. The van der Waals surface area contributed by atoms with Gasteiger partial charge in [0.05, 0.1) is 9.40 Å². The quantitative estimate of drug-likeness (QED) is 0.675. The Morgan fingerprint density at radius 3 is 2.47 bits per heavy atom. The molecule has 0 unspecified atom stereocenters. The Hall–Kier alpha value is -1.72. The van der Waals surface area contributed by atoms with Crippen molar-refractivity contribution in [2.24, 2.45) is 0 Å². The summed E-state index contributed by atoms with van der Waals surface area (Å²) in [7, 11) is 0. The van der Waals surface area contributed by atoms with Gasteiger partial charge in [0.15, 0.2) is 0 Å². The Bertz CT molecular complexity index is 573. The predicted octanol–water partition coefficient (Wildman–Crippen LogP) is 3.65. The van der Waals surface area contributed by atoms with Gasteiger partial charge in [0.2, 0.25) is 0 Å². The summed E-state index contributed by atoms with van der Waals surface area (Å²) in [6.07, 6.45) is 0. The third-order valence-corrected chi connectivity index (χ3v) is 3.66. The average molecular weight is 321 g/mol. The lowest BCUT2D eigenvalue weighted by Crippen LogP contribution is -2.13. The van der Waals surface area contributed by atoms with Gasteiger partial charge < -0.3 is 5.32 Å². The van der Waals surface area contributed by atoms with E-state index in [1.54, 1.807) is 6.07 Å². The molecule has 5 heteroatoms. The molecule has 0 spiro atoms. The van der Waals surface area contributed by atoms with Gasteiger partial charge in [-0.15, -0.1) is 0 Å². The summed E-state index contributed by atoms with van der Waals surface area (Å²) in [5.41, 5.74) is 2.16. The molecular formula is C14H13BrN2O2. The molecule has 0 aliphatic heterocycles. The molecule has 0 aromatic heterocycles. The van der Waals surface area contributed by atoms with Gasteiger partial charge in [-0.05, 0) is 27.1 Å². The second-order valence-electron chi connectivity index (χ2n) is 4.10. The minimum atomic E-state index is -0.384. The Balaban J connectivity index is 2.00. The molecule has 0 aliphatic carbocycles. The molecule has 0 amide bonds. The van der Waals surface area contributed by atoms with Gasteiger partial charge in [-0.2, -0.15) is 0 Å². The summed E-state index contributed by atoms with van der Waals surface area (Å²) in [4.78, 5) is 10.4. The van der Waals surface area contributed by atoms with Crippen molar-refractivity contribution >= 4 is 21.6 Å². The van der Waals surface area contributed by atoms with Crippen LogP contribution in [-0.2, 0) is 13.1 Å². The van der Waals surface area contributed by atoms with E-state index in [0.717, 1.165) is 12.1 Å². The molecule has 19 heavy (non-hydrogen) atoms. The van der Waals surface area contributed by atoms with Crippen LogP contribution in [0, 0.1) is 10.1 Å². The van der Waals surface area contributed by atoms with E-state index in [1.807, 2.05) is 36.4 Å². The first-order chi connectivity index (χ1) is 9.18. The van der Waals surface area contributed by atoms with Gasteiger partial charge >= 0.3 is 0 Å². The SMILES string of the molecule is O=[N+]([O-])c1cccc(CNCc2ccccc2)c1Br.